The molecule has 1 aromatic heterocycles. The summed E-state index contributed by atoms with van der Waals surface area (Å²) in [6, 6.07) is 8.91. The molecular formula is C20H26N2O2. The number of aromatic amines is 1. The van der Waals surface area contributed by atoms with Crippen molar-refractivity contribution in [1.82, 2.24) is 9.88 Å². The Bertz CT molecular complexity index is 766. The van der Waals surface area contributed by atoms with Gasteiger partial charge in [0.2, 0.25) is 0 Å². The van der Waals surface area contributed by atoms with Gasteiger partial charge in [0.05, 0.1) is 6.04 Å². The number of piperidine rings is 1. The number of hydrogen-bond donors (Lipinski definition) is 2. The number of fused-ring (bicyclic) bond motifs is 5. The van der Waals surface area contributed by atoms with Crippen LogP contribution in [0.2, 0.25) is 0 Å². The van der Waals surface area contributed by atoms with Crippen molar-refractivity contribution in [1.29, 1.82) is 0 Å². The number of nitrogens with zero attached hydrogens (tertiary/aromatic N) is 1. The molecule has 0 spiro atoms. The average molecular weight is 326 g/mol. The minimum atomic E-state index is -0.673. The van der Waals surface area contributed by atoms with Gasteiger partial charge in [-0.3, -0.25) is 9.69 Å². The Morgan fingerprint density at radius 1 is 1.38 bits per heavy atom. The Morgan fingerprint density at radius 3 is 3.00 bits per heavy atom. The van der Waals surface area contributed by atoms with E-state index < -0.39 is 5.97 Å². The van der Waals surface area contributed by atoms with Gasteiger partial charge in [0.25, 0.3) is 0 Å². The number of rotatable bonds is 4. The van der Waals surface area contributed by atoms with E-state index in [4.69, 9.17) is 0 Å². The van der Waals surface area contributed by atoms with E-state index in [2.05, 4.69) is 41.1 Å². The first-order valence-electron chi connectivity index (χ1n) is 9.20. The molecule has 1 saturated heterocycles. The molecule has 0 unspecified atom stereocenters. The number of hydrogen-bond acceptors (Lipinski definition) is 2. The number of para-hydroxylation sites is 1. The molecule has 0 saturated carbocycles. The fourth-order valence-electron chi connectivity index (χ4n) is 5.16. The lowest BCUT2D eigenvalue weighted by Crippen LogP contribution is -2.49. The summed E-state index contributed by atoms with van der Waals surface area (Å²) in [4.78, 5) is 17.5. The zero-order valence-corrected chi connectivity index (χ0v) is 14.3. The number of aromatic nitrogens is 1. The minimum Gasteiger partial charge on any atom is -0.481 e. The Morgan fingerprint density at radius 2 is 2.21 bits per heavy atom. The minimum absolute atomic E-state index is 0.0761. The number of nitrogens with one attached hydrogen (secondary N) is 1. The monoisotopic (exact) mass is 326 g/mol. The van der Waals surface area contributed by atoms with Gasteiger partial charge >= 0.3 is 5.97 Å². The van der Waals surface area contributed by atoms with Crippen LogP contribution in [0.5, 0.6) is 0 Å². The lowest BCUT2D eigenvalue weighted by Gasteiger charge is -2.52. The fraction of sp³-hybridized carbons (Fsp3) is 0.550. The molecule has 2 N–H and O–H groups in total. The van der Waals surface area contributed by atoms with Gasteiger partial charge in [0.15, 0.2) is 0 Å². The lowest BCUT2D eigenvalue weighted by molar-refractivity contribution is -0.138. The maximum atomic E-state index is 11.2. The van der Waals surface area contributed by atoms with Gasteiger partial charge < -0.3 is 10.1 Å². The van der Waals surface area contributed by atoms with E-state index >= 15 is 0 Å². The van der Waals surface area contributed by atoms with Gasteiger partial charge in [-0.15, -0.1) is 0 Å². The third kappa shape index (κ3) is 2.35. The summed E-state index contributed by atoms with van der Waals surface area (Å²) in [5, 5.41) is 10.6. The van der Waals surface area contributed by atoms with Crippen molar-refractivity contribution in [2.45, 2.75) is 51.5 Å². The molecule has 2 atom stereocenters. The quantitative estimate of drug-likeness (QED) is 0.888. The molecular weight excluding hydrogens is 300 g/mol. The van der Waals surface area contributed by atoms with E-state index in [0.717, 1.165) is 38.8 Å². The van der Waals surface area contributed by atoms with Crippen LogP contribution in [-0.4, -0.2) is 34.0 Å². The Labute approximate surface area is 142 Å². The third-order valence-electron chi connectivity index (χ3n) is 6.38. The van der Waals surface area contributed by atoms with E-state index in [-0.39, 0.29) is 11.8 Å². The highest BCUT2D eigenvalue weighted by Gasteiger charge is 2.47. The predicted molar refractivity (Wildman–Crippen MR) is 95.1 cm³/mol. The first-order valence-corrected chi connectivity index (χ1v) is 9.20. The molecule has 0 radical (unpaired) electrons. The summed E-state index contributed by atoms with van der Waals surface area (Å²) in [6.07, 6.45) is 5.49. The van der Waals surface area contributed by atoms with Crippen LogP contribution in [0.4, 0.5) is 0 Å². The second-order valence-corrected chi connectivity index (χ2v) is 7.46. The molecule has 4 heteroatoms. The lowest BCUT2D eigenvalue weighted by atomic mass is 9.65. The molecule has 0 amide bonds. The summed E-state index contributed by atoms with van der Waals surface area (Å²) >= 11 is 0. The number of carboxylic acid groups (broad SMARTS) is 1. The van der Waals surface area contributed by atoms with Crippen LogP contribution in [0.15, 0.2) is 24.3 Å². The number of aliphatic carboxylic acids is 1. The van der Waals surface area contributed by atoms with E-state index in [1.807, 2.05) is 0 Å². The topological polar surface area (TPSA) is 56.3 Å². The predicted octanol–water partition coefficient (Wildman–Crippen LogP) is 4.12. The van der Waals surface area contributed by atoms with Crippen molar-refractivity contribution in [2.24, 2.45) is 5.41 Å². The zero-order valence-electron chi connectivity index (χ0n) is 14.3. The highest BCUT2D eigenvalue weighted by atomic mass is 16.4. The van der Waals surface area contributed by atoms with Crippen molar-refractivity contribution in [3.8, 4) is 0 Å². The normalized spacial score (nSPS) is 27.0. The molecule has 2 aliphatic heterocycles. The maximum absolute atomic E-state index is 11.2. The third-order valence-corrected chi connectivity index (χ3v) is 6.38. The summed E-state index contributed by atoms with van der Waals surface area (Å²) in [5.41, 5.74) is 4.11. The van der Waals surface area contributed by atoms with Gasteiger partial charge in [0, 0.05) is 29.6 Å². The van der Waals surface area contributed by atoms with Gasteiger partial charge in [0.1, 0.15) is 0 Å². The van der Waals surface area contributed by atoms with Gasteiger partial charge in [-0.1, -0.05) is 25.1 Å². The van der Waals surface area contributed by atoms with Crippen LogP contribution in [0.1, 0.15) is 56.3 Å². The summed E-state index contributed by atoms with van der Waals surface area (Å²) < 4.78 is 0. The first-order chi connectivity index (χ1) is 11.6. The number of H-pyrrole nitrogens is 1. The van der Waals surface area contributed by atoms with E-state index in [0.29, 0.717) is 6.04 Å². The average Bonchev–Trinajstić information content (AvgIpc) is 2.98. The molecule has 0 bridgehead atoms. The van der Waals surface area contributed by atoms with Gasteiger partial charge in [-0.05, 0) is 55.7 Å². The second kappa shape index (κ2) is 5.92. The molecule has 3 heterocycles. The van der Waals surface area contributed by atoms with Crippen LogP contribution < -0.4 is 0 Å². The highest BCUT2D eigenvalue weighted by Crippen LogP contribution is 2.53. The molecule has 2 aliphatic rings. The van der Waals surface area contributed by atoms with Crippen LogP contribution in [0, 0.1) is 5.41 Å². The Hall–Kier alpha value is -1.81. The Kier molecular flexibility index (Phi) is 3.87. The molecule has 1 aromatic carbocycles. The number of carboxylic acids is 1. The van der Waals surface area contributed by atoms with Crippen LogP contribution in [0.3, 0.4) is 0 Å². The SMILES string of the molecule is CC[C@@]1(CCC(=O)O)CCCN2CCc3c([nH]c4ccccc34)[C@@H]21. The zero-order chi connectivity index (χ0) is 16.7. The van der Waals surface area contributed by atoms with Gasteiger partial charge in [-0.25, -0.2) is 0 Å². The molecule has 2 aromatic rings. The molecule has 4 rings (SSSR count). The largest absolute Gasteiger partial charge is 0.481 e. The summed E-state index contributed by atoms with van der Waals surface area (Å²) in [6.45, 7) is 4.46. The Balaban J connectivity index is 1.81. The van der Waals surface area contributed by atoms with Crippen LogP contribution in [-0.2, 0) is 11.2 Å². The van der Waals surface area contributed by atoms with Crippen molar-refractivity contribution in [3.63, 3.8) is 0 Å². The van der Waals surface area contributed by atoms with Gasteiger partial charge in [-0.2, -0.15) is 0 Å². The number of carbonyl (C=O) groups is 1. The van der Waals surface area contributed by atoms with Crippen molar-refractivity contribution >= 4 is 16.9 Å². The summed E-state index contributed by atoms with van der Waals surface area (Å²) in [5.74, 6) is -0.673. The molecule has 0 aliphatic carbocycles. The first kappa shape index (κ1) is 15.7. The van der Waals surface area contributed by atoms with Crippen LogP contribution in [0.25, 0.3) is 10.9 Å². The molecule has 128 valence electrons. The standard InChI is InChI=1S/C20H26N2O2/c1-2-20(11-8-17(23)24)10-5-12-22-13-9-15-14-6-3-4-7-16(14)21-18(15)19(20)22/h3-4,6-7,19,21H,2,5,8-13H2,1H3,(H,23,24)/t19-,20+/m1/s1. The van der Waals surface area contributed by atoms with Crippen molar-refractivity contribution in [2.75, 3.05) is 13.1 Å². The smallest absolute Gasteiger partial charge is 0.303 e. The summed E-state index contributed by atoms with van der Waals surface area (Å²) in [7, 11) is 0. The highest BCUT2D eigenvalue weighted by molar-refractivity contribution is 5.85. The van der Waals surface area contributed by atoms with E-state index in [1.165, 1.54) is 28.6 Å². The molecule has 1 fully saturated rings. The molecule has 24 heavy (non-hydrogen) atoms. The van der Waals surface area contributed by atoms with Crippen molar-refractivity contribution < 1.29 is 9.90 Å². The maximum Gasteiger partial charge on any atom is 0.303 e. The van der Waals surface area contributed by atoms with E-state index in [9.17, 15) is 9.90 Å². The number of benzene rings is 1. The van der Waals surface area contributed by atoms with Crippen molar-refractivity contribution in [3.05, 3.63) is 35.5 Å². The second-order valence-electron chi connectivity index (χ2n) is 7.46. The fourth-order valence-corrected chi connectivity index (χ4v) is 5.16. The van der Waals surface area contributed by atoms with E-state index in [1.54, 1.807) is 0 Å². The molecule has 4 nitrogen and oxygen atoms in total. The van der Waals surface area contributed by atoms with Crippen LogP contribution >= 0.6 is 0 Å².